The third kappa shape index (κ3) is 4.42. The van der Waals surface area contributed by atoms with Gasteiger partial charge in [-0.3, -0.25) is 4.79 Å². The summed E-state index contributed by atoms with van der Waals surface area (Å²) in [6.07, 6.45) is 4.36. The first-order valence-electron chi connectivity index (χ1n) is 5.23. The number of hydrogen-bond donors (Lipinski definition) is 2. The second-order valence-electron chi connectivity index (χ2n) is 3.93. The number of aliphatic hydroxyl groups is 1. The summed E-state index contributed by atoms with van der Waals surface area (Å²) in [5.41, 5.74) is 0. The second kappa shape index (κ2) is 6.40. The van der Waals surface area contributed by atoms with Gasteiger partial charge in [0.25, 0.3) is 0 Å². The molecule has 0 aromatic heterocycles. The maximum atomic E-state index is 11.2. The van der Waals surface area contributed by atoms with Crippen LogP contribution in [0.15, 0.2) is 0 Å². The summed E-state index contributed by atoms with van der Waals surface area (Å²) in [6.45, 7) is 0.725. The van der Waals surface area contributed by atoms with Gasteiger partial charge in [-0.1, -0.05) is 22.4 Å². The summed E-state index contributed by atoms with van der Waals surface area (Å²) in [7, 11) is 0. The van der Waals surface area contributed by atoms with Crippen LogP contribution in [0.4, 0.5) is 0 Å². The lowest BCUT2D eigenvalue weighted by Crippen LogP contribution is -2.32. The Morgan fingerprint density at radius 2 is 2.29 bits per heavy atom. The molecule has 1 amide bonds. The molecular weight excluding hydrogens is 246 g/mol. The quantitative estimate of drug-likeness (QED) is 0.755. The second-order valence-corrected chi connectivity index (χ2v) is 4.72. The van der Waals surface area contributed by atoms with E-state index in [4.69, 9.17) is 0 Å². The van der Waals surface area contributed by atoms with Crippen LogP contribution >= 0.6 is 15.9 Å². The lowest BCUT2D eigenvalue weighted by atomic mass is 9.87. The monoisotopic (exact) mass is 263 g/mol. The number of hydrogen-bond acceptors (Lipinski definition) is 2. The molecule has 0 bridgehead atoms. The molecular formula is C10H18BrNO2. The molecule has 0 heterocycles. The Morgan fingerprint density at radius 3 is 2.93 bits per heavy atom. The Bertz CT molecular complexity index is 187. The van der Waals surface area contributed by atoms with Crippen molar-refractivity contribution in [3.63, 3.8) is 0 Å². The molecule has 1 fully saturated rings. The molecule has 1 aliphatic carbocycles. The molecule has 2 N–H and O–H groups in total. The van der Waals surface area contributed by atoms with Crippen molar-refractivity contribution in [1.29, 1.82) is 0 Å². The average Bonchev–Trinajstić information content (AvgIpc) is 2.15. The third-order valence-electron chi connectivity index (χ3n) is 2.66. The highest BCUT2D eigenvalue weighted by molar-refractivity contribution is 9.09. The number of carbonyl (C=O) groups is 1. The molecule has 1 rings (SSSR count). The van der Waals surface area contributed by atoms with Crippen LogP contribution in [-0.2, 0) is 4.79 Å². The lowest BCUT2D eigenvalue weighted by Gasteiger charge is -2.25. The van der Waals surface area contributed by atoms with E-state index in [1.165, 1.54) is 0 Å². The van der Waals surface area contributed by atoms with E-state index >= 15 is 0 Å². The fourth-order valence-corrected chi connectivity index (χ4v) is 2.24. The molecule has 0 spiro atoms. The van der Waals surface area contributed by atoms with Crippen LogP contribution in [0, 0.1) is 5.92 Å². The van der Waals surface area contributed by atoms with Gasteiger partial charge < -0.3 is 10.4 Å². The molecule has 0 aromatic carbocycles. The van der Waals surface area contributed by atoms with E-state index in [1.807, 2.05) is 0 Å². The summed E-state index contributed by atoms with van der Waals surface area (Å²) in [5, 5.41) is 13.0. The van der Waals surface area contributed by atoms with Gasteiger partial charge in [0.1, 0.15) is 0 Å². The Morgan fingerprint density at radius 1 is 1.50 bits per heavy atom. The van der Waals surface area contributed by atoms with E-state index < -0.39 is 0 Å². The minimum Gasteiger partial charge on any atom is -0.393 e. The minimum atomic E-state index is -0.151. The summed E-state index contributed by atoms with van der Waals surface area (Å²) in [4.78, 5) is 11.2. The zero-order valence-electron chi connectivity index (χ0n) is 8.34. The molecule has 0 aliphatic heterocycles. The van der Waals surface area contributed by atoms with Gasteiger partial charge in [0.15, 0.2) is 0 Å². The van der Waals surface area contributed by atoms with E-state index in [2.05, 4.69) is 21.2 Å². The predicted octanol–water partition coefficient (Wildman–Crippen LogP) is 1.44. The molecule has 2 atom stereocenters. The lowest BCUT2D eigenvalue weighted by molar-refractivity contribution is -0.120. The predicted molar refractivity (Wildman–Crippen MR) is 59.4 cm³/mol. The van der Waals surface area contributed by atoms with Gasteiger partial charge in [0, 0.05) is 18.3 Å². The van der Waals surface area contributed by atoms with Crippen LogP contribution in [0.5, 0.6) is 0 Å². The topological polar surface area (TPSA) is 49.3 Å². The smallest absolute Gasteiger partial charge is 0.220 e. The van der Waals surface area contributed by atoms with Crippen molar-refractivity contribution in [1.82, 2.24) is 5.32 Å². The normalized spacial score (nSPS) is 27.3. The average molecular weight is 264 g/mol. The maximum Gasteiger partial charge on any atom is 0.220 e. The number of nitrogens with one attached hydrogen (secondary N) is 1. The number of alkyl halides is 1. The number of carbonyl (C=O) groups excluding carboxylic acids is 1. The summed E-state index contributed by atoms with van der Waals surface area (Å²) >= 11 is 3.22. The van der Waals surface area contributed by atoms with Crippen molar-refractivity contribution < 1.29 is 9.90 Å². The van der Waals surface area contributed by atoms with Crippen molar-refractivity contribution >= 4 is 21.8 Å². The molecule has 2 unspecified atom stereocenters. The van der Waals surface area contributed by atoms with Crippen molar-refractivity contribution in [3.05, 3.63) is 0 Å². The Balaban J connectivity index is 2.14. The van der Waals surface area contributed by atoms with Crippen LogP contribution < -0.4 is 5.32 Å². The van der Waals surface area contributed by atoms with E-state index in [-0.39, 0.29) is 12.0 Å². The molecule has 82 valence electrons. The fourth-order valence-electron chi connectivity index (χ4n) is 1.88. The Labute approximate surface area is 93.4 Å². The molecule has 3 nitrogen and oxygen atoms in total. The summed E-state index contributed by atoms with van der Waals surface area (Å²) in [5.74, 6) is 0.569. The van der Waals surface area contributed by atoms with Crippen LogP contribution in [0.25, 0.3) is 0 Å². The number of rotatable bonds is 4. The number of halogens is 1. The maximum absolute atomic E-state index is 11.2. The van der Waals surface area contributed by atoms with E-state index in [0.717, 1.165) is 32.2 Å². The minimum absolute atomic E-state index is 0.0990. The van der Waals surface area contributed by atoms with Crippen LogP contribution in [0.2, 0.25) is 0 Å². The molecule has 1 saturated carbocycles. The standard InChI is InChI=1S/C10H18BrNO2/c11-5-4-10(14)12-7-8-2-1-3-9(13)6-8/h8-9,13H,1-7H2,(H,12,14). The van der Waals surface area contributed by atoms with E-state index in [9.17, 15) is 9.90 Å². The van der Waals surface area contributed by atoms with E-state index in [1.54, 1.807) is 0 Å². The SMILES string of the molecule is O=C(CCBr)NCC1CCCC(O)C1. The molecule has 4 heteroatoms. The molecule has 0 radical (unpaired) electrons. The third-order valence-corrected chi connectivity index (χ3v) is 3.06. The van der Waals surface area contributed by atoms with E-state index in [0.29, 0.717) is 17.7 Å². The van der Waals surface area contributed by atoms with Crippen LogP contribution in [0.3, 0.4) is 0 Å². The van der Waals surface area contributed by atoms with Gasteiger partial charge in [-0.05, 0) is 25.2 Å². The van der Waals surface area contributed by atoms with Gasteiger partial charge in [0.2, 0.25) is 5.91 Å². The van der Waals surface area contributed by atoms with Crippen molar-refractivity contribution in [3.8, 4) is 0 Å². The molecule has 1 aliphatic rings. The first-order valence-corrected chi connectivity index (χ1v) is 6.35. The first kappa shape index (κ1) is 12.0. The Hall–Kier alpha value is -0.0900. The fraction of sp³-hybridized carbons (Fsp3) is 0.900. The molecule has 0 saturated heterocycles. The van der Waals surface area contributed by atoms with Gasteiger partial charge in [-0.25, -0.2) is 0 Å². The van der Waals surface area contributed by atoms with Gasteiger partial charge in [-0.2, -0.15) is 0 Å². The summed E-state index contributed by atoms with van der Waals surface area (Å²) < 4.78 is 0. The Kier molecular flexibility index (Phi) is 5.48. The van der Waals surface area contributed by atoms with Gasteiger partial charge in [-0.15, -0.1) is 0 Å². The highest BCUT2D eigenvalue weighted by Crippen LogP contribution is 2.23. The molecule has 0 aromatic rings. The van der Waals surface area contributed by atoms with Crippen molar-refractivity contribution in [2.45, 2.75) is 38.2 Å². The van der Waals surface area contributed by atoms with Gasteiger partial charge >= 0.3 is 0 Å². The highest BCUT2D eigenvalue weighted by Gasteiger charge is 2.20. The number of amides is 1. The largest absolute Gasteiger partial charge is 0.393 e. The zero-order chi connectivity index (χ0) is 10.4. The van der Waals surface area contributed by atoms with Crippen LogP contribution in [-0.4, -0.2) is 29.0 Å². The summed E-state index contributed by atoms with van der Waals surface area (Å²) in [6, 6.07) is 0. The van der Waals surface area contributed by atoms with Crippen LogP contribution in [0.1, 0.15) is 32.1 Å². The highest BCUT2D eigenvalue weighted by atomic mass is 79.9. The number of aliphatic hydroxyl groups excluding tert-OH is 1. The first-order chi connectivity index (χ1) is 6.72. The molecule has 14 heavy (non-hydrogen) atoms. The van der Waals surface area contributed by atoms with Crippen molar-refractivity contribution in [2.75, 3.05) is 11.9 Å². The zero-order valence-corrected chi connectivity index (χ0v) is 9.92. The van der Waals surface area contributed by atoms with Gasteiger partial charge in [0.05, 0.1) is 6.10 Å². The van der Waals surface area contributed by atoms with Crippen molar-refractivity contribution in [2.24, 2.45) is 5.92 Å².